The molecule has 2 aromatic rings. The van der Waals surface area contributed by atoms with Crippen molar-refractivity contribution in [1.82, 2.24) is 0 Å². The summed E-state index contributed by atoms with van der Waals surface area (Å²) >= 11 is 6.22. The Labute approximate surface area is 147 Å². The largest absolute Gasteiger partial charge is 0.493 e. The van der Waals surface area contributed by atoms with E-state index in [2.05, 4.69) is 5.32 Å². The summed E-state index contributed by atoms with van der Waals surface area (Å²) < 4.78 is 11.5. The number of rotatable bonds is 7. The monoisotopic (exact) mass is 347 g/mol. The number of amides is 1. The summed E-state index contributed by atoms with van der Waals surface area (Å²) in [6.45, 7) is 6.48. The second-order valence-corrected chi connectivity index (χ2v) is 5.75. The van der Waals surface area contributed by atoms with Crippen LogP contribution in [0.1, 0.15) is 31.4 Å². The number of hydrogen-bond acceptors (Lipinski definition) is 3. The second kappa shape index (κ2) is 8.60. The first-order chi connectivity index (χ1) is 11.5. The van der Waals surface area contributed by atoms with Crippen LogP contribution < -0.4 is 14.8 Å². The first-order valence-corrected chi connectivity index (χ1v) is 8.36. The van der Waals surface area contributed by atoms with Crippen LogP contribution in [-0.2, 0) is 11.4 Å². The summed E-state index contributed by atoms with van der Waals surface area (Å²) in [5, 5.41) is 3.45. The van der Waals surface area contributed by atoms with Gasteiger partial charge in [0, 0.05) is 6.42 Å². The van der Waals surface area contributed by atoms with Crippen molar-refractivity contribution in [2.75, 3.05) is 11.9 Å². The molecule has 1 N–H and O–H groups in total. The van der Waals surface area contributed by atoms with Crippen LogP contribution >= 0.6 is 11.6 Å². The van der Waals surface area contributed by atoms with Crippen LogP contribution in [0.2, 0.25) is 5.02 Å². The molecule has 0 bridgehead atoms. The van der Waals surface area contributed by atoms with Crippen LogP contribution in [0, 0.1) is 6.92 Å². The van der Waals surface area contributed by atoms with E-state index in [0.717, 1.165) is 11.1 Å². The van der Waals surface area contributed by atoms with Crippen molar-refractivity contribution in [3.8, 4) is 11.5 Å². The average Bonchev–Trinajstić information content (AvgIpc) is 2.56. The Bertz CT molecular complexity index is 716. The van der Waals surface area contributed by atoms with Crippen molar-refractivity contribution >= 4 is 23.2 Å². The first-order valence-electron chi connectivity index (χ1n) is 7.98. The lowest BCUT2D eigenvalue weighted by Crippen LogP contribution is -2.13. The predicted molar refractivity (Wildman–Crippen MR) is 97.1 cm³/mol. The molecule has 0 unspecified atom stereocenters. The number of ether oxygens (including phenoxy) is 2. The van der Waals surface area contributed by atoms with Crippen LogP contribution in [-0.4, -0.2) is 12.5 Å². The minimum Gasteiger partial charge on any atom is -0.493 e. The summed E-state index contributed by atoms with van der Waals surface area (Å²) in [7, 11) is 0. The van der Waals surface area contributed by atoms with Crippen LogP contribution in [0.25, 0.3) is 0 Å². The van der Waals surface area contributed by atoms with Gasteiger partial charge in [0.25, 0.3) is 0 Å². The third-order valence-electron chi connectivity index (χ3n) is 3.49. The number of anilines is 1. The summed E-state index contributed by atoms with van der Waals surface area (Å²) in [5.41, 5.74) is 2.55. The van der Waals surface area contributed by atoms with E-state index in [0.29, 0.717) is 35.2 Å². The summed E-state index contributed by atoms with van der Waals surface area (Å²) in [6.07, 6.45) is 0.406. The van der Waals surface area contributed by atoms with Gasteiger partial charge < -0.3 is 14.8 Å². The van der Waals surface area contributed by atoms with Crippen molar-refractivity contribution in [3.63, 3.8) is 0 Å². The molecule has 24 heavy (non-hydrogen) atoms. The Hall–Kier alpha value is -2.20. The molecule has 2 rings (SSSR count). The molecule has 0 aliphatic heterocycles. The summed E-state index contributed by atoms with van der Waals surface area (Å²) in [6, 6.07) is 11.2. The Kier molecular flexibility index (Phi) is 6.50. The molecule has 1 amide bonds. The smallest absolute Gasteiger partial charge is 0.224 e. The molecular weight excluding hydrogens is 326 g/mol. The lowest BCUT2D eigenvalue weighted by atomic mass is 10.1. The molecular formula is C19H22ClNO3. The number of aryl methyl sites for hydroxylation is 1. The highest BCUT2D eigenvalue weighted by Gasteiger charge is 2.13. The van der Waals surface area contributed by atoms with E-state index in [-0.39, 0.29) is 12.5 Å². The highest BCUT2D eigenvalue weighted by Crippen LogP contribution is 2.31. The zero-order valence-electron chi connectivity index (χ0n) is 14.2. The van der Waals surface area contributed by atoms with Gasteiger partial charge in [0.2, 0.25) is 5.91 Å². The van der Waals surface area contributed by atoms with E-state index >= 15 is 0 Å². The number of nitrogens with one attached hydrogen (secondary N) is 1. The molecule has 0 saturated carbocycles. The summed E-state index contributed by atoms with van der Waals surface area (Å²) in [4.78, 5) is 11.8. The Morgan fingerprint density at radius 1 is 1.12 bits per heavy atom. The number of hydrogen-bond donors (Lipinski definition) is 1. The topological polar surface area (TPSA) is 47.6 Å². The molecule has 0 aliphatic carbocycles. The molecule has 0 aromatic heterocycles. The highest BCUT2D eigenvalue weighted by atomic mass is 35.5. The lowest BCUT2D eigenvalue weighted by molar-refractivity contribution is -0.115. The molecule has 2 aromatic carbocycles. The van der Waals surface area contributed by atoms with Gasteiger partial charge in [0.1, 0.15) is 18.1 Å². The molecule has 0 saturated heterocycles. The van der Waals surface area contributed by atoms with Gasteiger partial charge in [-0.1, -0.05) is 30.7 Å². The molecule has 128 valence electrons. The molecule has 4 nitrogen and oxygen atoms in total. The third kappa shape index (κ3) is 4.65. The predicted octanol–water partition coefficient (Wildman–Crippen LogP) is 4.97. The van der Waals surface area contributed by atoms with Crippen LogP contribution in [0.15, 0.2) is 36.4 Å². The van der Waals surface area contributed by atoms with Gasteiger partial charge in [-0.15, -0.1) is 0 Å². The molecule has 0 aliphatic rings. The summed E-state index contributed by atoms with van der Waals surface area (Å²) in [5.74, 6) is 1.23. The fourth-order valence-electron chi connectivity index (χ4n) is 2.23. The quantitative estimate of drug-likeness (QED) is 0.768. The minimum absolute atomic E-state index is 0.0572. The van der Waals surface area contributed by atoms with Crippen molar-refractivity contribution in [3.05, 3.63) is 52.5 Å². The molecule has 0 spiro atoms. The van der Waals surface area contributed by atoms with Gasteiger partial charge >= 0.3 is 0 Å². The van der Waals surface area contributed by atoms with Crippen molar-refractivity contribution in [2.45, 2.75) is 33.8 Å². The maximum atomic E-state index is 11.8. The van der Waals surface area contributed by atoms with Crippen LogP contribution in [0.4, 0.5) is 5.69 Å². The molecule has 0 atom stereocenters. The van der Waals surface area contributed by atoms with E-state index in [1.807, 2.05) is 57.2 Å². The van der Waals surface area contributed by atoms with Crippen molar-refractivity contribution < 1.29 is 14.3 Å². The van der Waals surface area contributed by atoms with Crippen molar-refractivity contribution in [2.24, 2.45) is 0 Å². The van der Waals surface area contributed by atoms with Gasteiger partial charge in [-0.05, 0) is 43.7 Å². The van der Waals surface area contributed by atoms with Crippen molar-refractivity contribution in [1.29, 1.82) is 0 Å². The molecule has 5 heteroatoms. The maximum Gasteiger partial charge on any atom is 0.224 e. The standard InChI is InChI=1S/C19H22ClNO3/c1-4-19(22)21-16-7-6-8-17(23-5-2)14(16)12-24-18-10-9-13(3)11-15(18)20/h6-11H,4-5,12H2,1-3H3,(H,21,22). The average molecular weight is 348 g/mol. The number of halogens is 1. The van der Waals surface area contributed by atoms with Gasteiger partial charge in [-0.25, -0.2) is 0 Å². The zero-order chi connectivity index (χ0) is 17.5. The van der Waals surface area contributed by atoms with Gasteiger partial charge in [-0.3, -0.25) is 4.79 Å². The lowest BCUT2D eigenvalue weighted by Gasteiger charge is -2.17. The zero-order valence-corrected chi connectivity index (χ0v) is 14.9. The fourth-order valence-corrected chi connectivity index (χ4v) is 2.52. The number of carbonyl (C=O) groups is 1. The van der Waals surface area contributed by atoms with E-state index in [1.54, 1.807) is 0 Å². The van der Waals surface area contributed by atoms with Crippen LogP contribution in [0.5, 0.6) is 11.5 Å². The highest BCUT2D eigenvalue weighted by molar-refractivity contribution is 6.32. The first kappa shape index (κ1) is 18.1. The maximum absolute atomic E-state index is 11.8. The Morgan fingerprint density at radius 3 is 2.58 bits per heavy atom. The second-order valence-electron chi connectivity index (χ2n) is 5.34. The molecule has 0 radical (unpaired) electrons. The Morgan fingerprint density at radius 2 is 1.92 bits per heavy atom. The molecule has 0 heterocycles. The van der Waals surface area contributed by atoms with Gasteiger partial charge in [-0.2, -0.15) is 0 Å². The van der Waals surface area contributed by atoms with Gasteiger partial charge in [0.05, 0.1) is 22.9 Å². The van der Waals surface area contributed by atoms with E-state index < -0.39 is 0 Å². The number of benzene rings is 2. The SMILES string of the molecule is CCOc1cccc(NC(=O)CC)c1COc1ccc(C)cc1Cl. The Balaban J connectivity index is 2.26. The van der Waals surface area contributed by atoms with E-state index in [9.17, 15) is 4.79 Å². The fraction of sp³-hybridized carbons (Fsp3) is 0.316. The van der Waals surface area contributed by atoms with Crippen LogP contribution in [0.3, 0.4) is 0 Å². The third-order valence-corrected chi connectivity index (χ3v) is 3.78. The van der Waals surface area contributed by atoms with E-state index in [1.165, 1.54) is 0 Å². The molecule has 0 fully saturated rings. The van der Waals surface area contributed by atoms with E-state index in [4.69, 9.17) is 21.1 Å². The minimum atomic E-state index is -0.0572. The van der Waals surface area contributed by atoms with Gasteiger partial charge in [0.15, 0.2) is 0 Å². The number of carbonyl (C=O) groups excluding carboxylic acids is 1. The normalized spacial score (nSPS) is 10.3.